The fourth-order valence-electron chi connectivity index (χ4n) is 2.85. The van der Waals surface area contributed by atoms with Crippen LogP contribution in [0.2, 0.25) is 0 Å². The van der Waals surface area contributed by atoms with Gasteiger partial charge in [0.1, 0.15) is 0 Å². The molecule has 1 aliphatic heterocycles. The van der Waals surface area contributed by atoms with Gasteiger partial charge in [-0.25, -0.2) is 0 Å². The SMILES string of the molecule is N#Cc1ccc(CC(=O)N2CCc3ccc([N+](=O)[O-])cc3C2)cc1. The minimum atomic E-state index is -0.419. The average Bonchev–Trinajstić information content (AvgIpc) is 2.61. The Morgan fingerprint density at radius 3 is 2.62 bits per heavy atom. The fraction of sp³-hybridized carbons (Fsp3) is 0.222. The monoisotopic (exact) mass is 321 g/mol. The minimum absolute atomic E-state index is 0.0168. The van der Waals surface area contributed by atoms with E-state index in [1.807, 2.05) is 6.07 Å². The molecule has 2 aromatic rings. The molecule has 0 N–H and O–H groups in total. The van der Waals surface area contributed by atoms with Gasteiger partial charge in [-0.15, -0.1) is 0 Å². The lowest BCUT2D eigenvalue weighted by Gasteiger charge is -2.28. The summed E-state index contributed by atoms with van der Waals surface area (Å²) in [4.78, 5) is 24.7. The summed E-state index contributed by atoms with van der Waals surface area (Å²) in [6.07, 6.45) is 0.961. The van der Waals surface area contributed by atoms with Crippen molar-refractivity contribution < 1.29 is 9.72 Å². The highest BCUT2D eigenvalue weighted by atomic mass is 16.6. The van der Waals surface area contributed by atoms with Gasteiger partial charge in [-0.2, -0.15) is 5.26 Å². The molecule has 3 rings (SSSR count). The molecule has 2 aromatic carbocycles. The number of benzene rings is 2. The van der Waals surface area contributed by atoms with E-state index in [1.54, 1.807) is 41.3 Å². The molecule has 6 heteroatoms. The number of fused-ring (bicyclic) bond motifs is 1. The van der Waals surface area contributed by atoms with Gasteiger partial charge in [0.15, 0.2) is 0 Å². The Morgan fingerprint density at radius 1 is 1.21 bits per heavy atom. The Kier molecular flexibility index (Phi) is 4.25. The highest BCUT2D eigenvalue weighted by Gasteiger charge is 2.22. The number of nitrogens with zero attached hydrogens (tertiary/aromatic N) is 3. The quantitative estimate of drug-likeness (QED) is 0.642. The normalized spacial score (nSPS) is 13.0. The highest BCUT2D eigenvalue weighted by Crippen LogP contribution is 2.24. The number of hydrogen-bond acceptors (Lipinski definition) is 4. The van der Waals surface area contributed by atoms with E-state index in [0.29, 0.717) is 25.1 Å². The van der Waals surface area contributed by atoms with Gasteiger partial charge in [0.2, 0.25) is 5.91 Å². The number of hydrogen-bond donors (Lipinski definition) is 0. The van der Waals surface area contributed by atoms with Crippen LogP contribution in [-0.2, 0) is 24.2 Å². The highest BCUT2D eigenvalue weighted by molar-refractivity contribution is 5.79. The molecular weight excluding hydrogens is 306 g/mol. The van der Waals surface area contributed by atoms with E-state index >= 15 is 0 Å². The van der Waals surface area contributed by atoms with Gasteiger partial charge in [0, 0.05) is 25.2 Å². The third-order valence-corrected chi connectivity index (χ3v) is 4.20. The minimum Gasteiger partial charge on any atom is -0.338 e. The fourth-order valence-corrected chi connectivity index (χ4v) is 2.85. The number of rotatable bonds is 3. The van der Waals surface area contributed by atoms with E-state index in [0.717, 1.165) is 16.7 Å². The maximum Gasteiger partial charge on any atom is 0.269 e. The van der Waals surface area contributed by atoms with Crippen molar-refractivity contribution in [3.8, 4) is 6.07 Å². The topological polar surface area (TPSA) is 87.2 Å². The molecule has 0 aromatic heterocycles. The van der Waals surface area contributed by atoms with E-state index in [1.165, 1.54) is 6.07 Å². The zero-order valence-corrected chi connectivity index (χ0v) is 12.9. The predicted octanol–water partition coefficient (Wildman–Crippen LogP) is 2.59. The molecule has 6 nitrogen and oxygen atoms in total. The second-order valence-corrected chi connectivity index (χ2v) is 5.76. The Hall–Kier alpha value is -3.20. The van der Waals surface area contributed by atoms with Crippen LogP contribution >= 0.6 is 0 Å². The Morgan fingerprint density at radius 2 is 1.96 bits per heavy atom. The summed E-state index contributed by atoms with van der Waals surface area (Å²) in [5.41, 5.74) is 3.36. The molecule has 0 spiro atoms. The zero-order valence-electron chi connectivity index (χ0n) is 12.9. The summed E-state index contributed by atoms with van der Waals surface area (Å²) < 4.78 is 0. The third kappa shape index (κ3) is 3.25. The van der Waals surface area contributed by atoms with E-state index < -0.39 is 4.92 Å². The first kappa shape index (κ1) is 15.7. The van der Waals surface area contributed by atoms with Gasteiger partial charge in [-0.1, -0.05) is 18.2 Å². The molecule has 120 valence electrons. The molecule has 1 aliphatic rings. The average molecular weight is 321 g/mol. The lowest BCUT2D eigenvalue weighted by Crippen LogP contribution is -2.36. The number of nitro benzene ring substituents is 1. The van der Waals surface area contributed by atoms with Gasteiger partial charge in [-0.05, 0) is 35.2 Å². The summed E-state index contributed by atoms with van der Waals surface area (Å²) in [6, 6.07) is 13.8. The lowest BCUT2D eigenvalue weighted by molar-refractivity contribution is -0.385. The van der Waals surface area contributed by atoms with Crippen molar-refractivity contribution >= 4 is 11.6 Å². The number of carbonyl (C=O) groups is 1. The zero-order chi connectivity index (χ0) is 17.1. The molecular formula is C18H15N3O3. The first-order valence-corrected chi connectivity index (χ1v) is 7.60. The van der Waals surface area contributed by atoms with Gasteiger partial charge in [0.05, 0.1) is 23.0 Å². The van der Waals surface area contributed by atoms with Gasteiger partial charge in [-0.3, -0.25) is 14.9 Å². The van der Waals surface area contributed by atoms with E-state index in [9.17, 15) is 14.9 Å². The Bertz CT molecular complexity index is 838. The molecule has 1 amide bonds. The largest absolute Gasteiger partial charge is 0.338 e. The van der Waals surface area contributed by atoms with Crippen LogP contribution < -0.4 is 0 Å². The van der Waals surface area contributed by atoms with Crippen molar-refractivity contribution in [1.82, 2.24) is 4.90 Å². The van der Waals surface area contributed by atoms with Crippen molar-refractivity contribution in [3.05, 3.63) is 74.8 Å². The van der Waals surface area contributed by atoms with Crippen LogP contribution in [0.5, 0.6) is 0 Å². The van der Waals surface area contributed by atoms with Crippen LogP contribution in [0.1, 0.15) is 22.3 Å². The molecule has 0 fully saturated rings. The number of nitro groups is 1. The first-order chi connectivity index (χ1) is 11.6. The maximum absolute atomic E-state index is 12.5. The van der Waals surface area contributed by atoms with Crippen molar-refractivity contribution in [2.75, 3.05) is 6.54 Å². The second kappa shape index (κ2) is 6.50. The molecule has 0 aliphatic carbocycles. The van der Waals surface area contributed by atoms with Crippen molar-refractivity contribution in [3.63, 3.8) is 0 Å². The number of carbonyl (C=O) groups excluding carboxylic acids is 1. The van der Waals surface area contributed by atoms with Crippen LogP contribution in [0.4, 0.5) is 5.69 Å². The standard InChI is InChI=1S/C18H15N3O3/c19-11-14-3-1-13(2-4-14)9-18(22)20-8-7-15-5-6-17(21(23)24)10-16(15)12-20/h1-6,10H,7-9,12H2. The molecule has 0 saturated heterocycles. The van der Waals surface area contributed by atoms with E-state index in [-0.39, 0.29) is 18.0 Å². The summed E-state index contributed by atoms with van der Waals surface area (Å²) >= 11 is 0. The molecule has 0 unspecified atom stereocenters. The Labute approximate surface area is 139 Å². The number of nitriles is 1. The van der Waals surface area contributed by atoms with Crippen molar-refractivity contribution in [1.29, 1.82) is 5.26 Å². The van der Waals surface area contributed by atoms with Crippen LogP contribution in [0.25, 0.3) is 0 Å². The summed E-state index contributed by atoms with van der Waals surface area (Å²) in [5.74, 6) is -0.0168. The molecule has 0 atom stereocenters. The first-order valence-electron chi connectivity index (χ1n) is 7.60. The van der Waals surface area contributed by atoms with Crippen LogP contribution in [0.3, 0.4) is 0 Å². The lowest BCUT2D eigenvalue weighted by atomic mass is 9.98. The van der Waals surface area contributed by atoms with Crippen LogP contribution in [-0.4, -0.2) is 22.3 Å². The van der Waals surface area contributed by atoms with Crippen LogP contribution in [0, 0.1) is 21.4 Å². The second-order valence-electron chi connectivity index (χ2n) is 5.76. The Balaban J connectivity index is 1.71. The van der Waals surface area contributed by atoms with Crippen LogP contribution in [0.15, 0.2) is 42.5 Å². The molecule has 0 bridgehead atoms. The van der Waals surface area contributed by atoms with Gasteiger partial charge in [0.25, 0.3) is 5.69 Å². The van der Waals surface area contributed by atoms with E-state index in [4.69, 9.17) is 5.26 Å². The molecule has 1 heterocycles. The summed E-state index contributed by atoms with van der Waals surface area (Å²) in [6.45, 7) is 1.01. The number of amides is 1. The van der Waals surface area contributed by atoms with Gasteiger partial charge < -0.3 is 4.90 Å². The summed E-state index contributed by atoms with van der Waals surface area (Å²) in [5, 5.41) is 19.7. The molecule has 0 saturated carbocycles. The van der Waals surface area contributed by atoms with Crippen molar-refractivity contribution in [2.24, 2.45) is 0 Å². The molecule has 24 heavy (non-hydrogen) atoms. The smallest absolute Gasteiger partial charge is 0.269 e. The van der Waals surface area contributed by atoms with E-state index in [2.05, 4.69) is 0 Å². The number of non-ortho nitro benzene ring substituents is 1. The molecule has 0 radical (unpaired) electrons. The van der Waals surface area contributed by atoms with Crippen molar-refractivity contribution in [2.45, 2.75) is 19.4 Å². The summed E-state index contributed by atoms with van der Waals surface area (Å²) in [7, 11) is 0. The maximum atomic E-state index is 12.5. The van der Waals surface area contributed by atoms with Gasteiger partial charge >= 0.3 is 0 Å². The third-order valence-electron chi connectivity index (χ3n) is 4.20. The predicted molar refractivity (Wildman–Crippen MR) is 87.1 cm³/mol.